The SMILES string of the molecule is Cc1nc(C(F)(F)F)ccc1C(=O)Nc1cccc(C2SCCS2)c1. The quantitative estimate of drug-likeness (QED) is 0.796. The molecule has 2 heterocycles. The number of anilines is 1. The van der Waals surface area contributed by atoms with Gasteiger partial charge in [0, 0.05) is 17.2 Å². The minimum Gasteiger partial charge on any atom is -0.322 e. The van der Waals surface area contributed by atoms with Gasteiger partial charge in [0.15, 0.2) is 0 Å². The Kier molecular flexibility index (Phi) is 5.29. The molecule has 0 spiro atoms. The zero-order chi connectivity index (χ0) is 18.0. The van der Waals surface area contributed by atoms with Crippen molar-refractivity contribution in [2.24, 2.45) is 0 Å². The zero-order valence-electron chi connectivity index (χ0n) is 13.3. The first-order valence-electron chi connectivity index (χ1n) is 7.54. The van der Waals surface area contributed by atoms with Crippen molar-refractivity contribution in [3.05, 3.63) is 58.9 Å². The molecule has 1 amide bonds. The van der Waals surface area contributed by atoms with E-state index in [2.05, 4.69) is 10.3 Å². The fraction of sp³-hybridized carbons (Fsp3) is 0.294. The van der Waals surface area contributed by atoms with E-state index in [9.17, 15) is 18.0 Å². The summed E-state index contributed by atoms with van der Waals surface area (Å²) in [7, 11) is 0. The van der Waals surface area contributed by atoms with Gasteiger partial charge in [0.25, 0.3) is 5.91 Å². The molecule has 0 unspecified atom stereocenters. The maximum absolute atomic E-state index is 12.7. The van der Waals surface area contributed by atoms with Gasteiger partial charge in [-0.05, 0) is 36.8 Å². The molecule has 8 heteroatoms. The third-order valence-corrected chi connectivity index (χ3v) is 6.76. The van der Waals surface area contributed by atoms with Crippen molar-refractivity contribution in [3.63, 3.8) is 0 Å². The maximum Gasteiger partial charge on any atom is 0.433 e. The average Bonchev–Trinajstić information content (AvgIpc) is 3.08. The Morgan fingerprint density at radius 2 is 1.92 bits per heavy atom. The summed E-state index contributed by atoms with van der Waals surface area (Å²) in [5.41, 5.74) is 0.912. The van der Waals surface area contributed by atoms with Gasteiger partial charge in [-0.1, -0.05) is 12.1 Å². The summed E-state index contributed by atoms with van der Waals surface area (Å²) in [4.78, 5) is 15.9. The molecule has 0 aliphatic carbocycles. The second-order valence-corrected chi connectivity index (χ2v) is 8.20. The molecule has 2 aromatic rings. The highest BCUT2D eigenvalue weighted by atomic mass is 32.2. The third kappa shape index (κ3) is 4.30. The van der Waals surface area contributed by atoms with Crippen molar-refractivity contribution < 1.29 is 18.0 Å². The van der Waals surface area contributed by atoms with Crippen LogP contribution in [0.15, 0.2) is 36.4 Å². The van der Waals surface area contributed by atoms with Crippen LogP contribution in [0.5, 0.6) is 0 Å². The van der Waals surface area contributed by atoms with E-state index < -0.39 is 17.8 Å². The van der Waals surface area contributed by atoms with E-state index >= 15 is 0 Å². The van der Waals surface area contributed by atoms with Crippen molar-refractivity contribution in [1.82, 2.24) is 4.98 Å². The Labute approximate surface area is 151 Å². The number of pyridine rings is 1. The van der Waals surface area contributed by atoms with Crippen LogP contribution in [0.1, 0.15) is 31.9 Å². The Hall–Kier alpha value is -1.67. The number of amides is 1. The van der Waals surface area contributed by atoms with Gasteiger partial charge in [-0.3, -0.25) is 4.79 Å². The monoisotopic (exact) mass is 384 g/mol. The fourth-order valence-electron chi connectivity index (χ4n) is 2.47. The van der Waals surface area contributed by atoms with Crippen LogP contribution in [0, 0.1) is 6.92 Å². The Bertz CT molecular complexity index is 790. The summed E-state index contributed by atoms with van der Waals surface area (Å²) < 4.78 is 38.4. The molecule has 1 fully saturated rings. The highest BCUT2D eigenvalue weighted by molar-refractivity contribution is 8.19. The number of hydrogen-bond donors (Lipinski definition) is 1. The molecule has 3 rings (SSSR count). The number of aryl methyl sites for hydroxylation is 1. The lowest BCUT2D eigenvalue weighted by Crippen LogP contribution is -2.16. The normalized spacial score (nSPS) is 15.4. The molecule has 1 N–H and O–H groups in total. The van der Waals surface area contributed by atoms with Crippen LogP contribution in [-0.4, -0.2) is 22.4 Å². The first kappa shape index (κ1) is 18.1. The first-order valence-corrected chi connectivity index (χ1v) is 9.64. The predicted octanol–water partition coefficient (Wildman–Crippen LogP) is 5.14. The molecule has 1 saturated heterocycles. The molecule has 0 atom stereocenters. The molecule has 1 aliphatic heterocycles. The Balaban J connectivity index is 1.77. The van der Waals surface area contributed by atoms with E-state index in [4.69, 9.17) is 0 Å². The number of carbonyl (C=O) groups excluding carboxylic acids is 1. The number of thioether (sulfide) groups is 2. The van der Waals surface area contributed by atoms with E-state index in [0.29, 0.717) is 10.3 Å². The number of carbonyl (C=O) groups is 1. The van der Waals surface area contributed by atoms with Gasteiger partial charge in [-0.15, -0.1) is 23.5 Å². The lowest BCUT2D eigenvalue weighted by molar-refractivity contribution is -0.141. The lowest BCUT2D eigenvalue weighted by Gasteiger charge is -2.13. The van der Waals surface area contributed by atoms with Gasteiger partial charge >= 0.3 is 6.18 Å². The van der Waals surface area contributed by atoms with Crippen molar-refractivity contribution in [1.29, 1.82) is 0 Å². The number of hydrogen-bond acceptors (Lipinski definition) is 4. The van der Waals surface area contributed by atoms with Crippen LogP contribution < -0.4 is 5.32 Å². The van der Waals surface area contributed by atoms with Gasteiger partial charge in [0.05, 0.1) is 15.8 Å². The number of nitrogens with zero attached hydrogens (tertiary/aromatic N) is 1. The molecule has 0 bridgehead atoms. The van der Waals surface area contributed by atoms with E-state index in [1.165, 1.54) is 6.92 Å². The van der Waals surface area contributed by atoms with E-state index in [1.807, 2.05) is 41.7 Å². The second kappa shape index (κ2) is 7.29. The summed E-state index contributed by atoms with van der Waals surface area (Å²) in [6.07, 6.45) is -4.52. The summed E-state index contributed by atoms with van der Waals surface area (Å²) >= 11 is 3.72. The van der Waals surface area contributed by atoms with E-state index in [1.54, 1.807) is 6.07 Å². The molecule has 3 nitrogen and oxygen atoms in total. The first-order chi connectivity index (χ1) is 11.8. The van der Waals surface area contributed by atoms with Gasteiger partial charge < -0.3 is 5.32 Å². The molecule has 25 heavy (non-hydrogen) atoms. The standard InChI is InChI=1S/C17H15F3N2OS2/c1-10-13(5-6-14(21-10)17(18,19)20)15(23)22-12-4-2-3-11(9-12)16-24-7-8-25-16/h2-6,9,16H,7-8H2,1H3,(H,22,23). The highest BCUT2D eigenvalue weighted by Crippen LogP contribution is 2.45. The minimum absolute atomic E-state index is 0.0467. The Morgan fingerprint density at radius 1 is 1.20 bits per heavy atom. The summed E-state index contributed by atoms with van der Waals surface area (Å²) in [5.74, 6) is 1.73. The van der Waals surface area contributed by atoms with Gasteiger partial charge in [-0.2, -0.15) is 13.2 Å². The van der Waals surface area contributed by atoms with Crippen molar-refractivity contribution in [2.75, 3.05) is 16.8 Å². The molecular weight excluding hydrogens is 369 g/mol. The number of halogens is 3. The molecule has 0 radical (unpaired) electrons. The summed E-state index contributed by atoms with van der Waals surface area (Å²) in [5, 5.41) is 2.74. The topological polar surface area (TPSA) is 42.0 Å². The van der Waals surface area contributed by atoms with Crippen LogP contribution in [-0.2, 0) is 6.18 Å². The predicted molar refractivity (Wildman–Crippen MR) is 96.0 cm³/mol. The van der Waals surface area contributed by atoms with Crippen LogP contribution in [0.4, 0.5) is 18.9 Å². The van der Waals surface area contributed by atoms with Crippen molar-refractivity contribution in [3.8, 4) is 0 Å². The largest absolute Gasteiger partial charge is 0.433 e. The van der Waals surface area contributed by atoms with Crippen LogP contribution >= 0.6 is 23.5 Å². The molecule has 1 aromatic carbocycles. The van der Waals surface area contributed by atoms with Crippen LogP contribution in [0.25, 0.3) is 0 Å². The number of alkyl halides is 3. The third-order valence-electron chi connectivity index (χ3n) is 3.66. The van der Waals surface area contributed by atoms with E-state index in [-0.39, 0.29) is 11.3 Å². The van der Waals surface area contributed by atoms with Gasteiger partial charge in [-0.25, -0.2) is 4.98 Å². The fourth-order valence-corrected chi connectivity index (χ4v) is 5.31. The summed E-state index contributed by atoms with van der Waals surface area (Å²) in [6.45, 7) is 1.40. The number of nitrogens with one attached hydrogen (secondary N) is 1. The smallest absolute Gasteiger partial charge is 0.322 e. The van der Waals surface area contributed by atoms with Crippen molar-refractivity contribution in [2.45, 2.75) is 17.7 Å². The lowest BCUT2D eigenvalue weighted by atomic mass is 10.1. The molecule has 132 valence electrons. The van der Waals surface area contributed by atoms with Crippen LogP contribution in [0.3, 0.4) is 0 Å². The van der Waals surface area contributed by atoms with Gasteiger partial charge in [0.1, 0.15) is 5.69 Å². The van der Waals surface area contributed by atoms with Crippen LogP contribution in [0.2, 0.25) is 0 Å². The summed E-state index contributed by atoms with van der Waals surface area (Å²) in [6, 6.07) is 9.52. The number of aromatic nitrogens is 1. The number of rotatable bonds is 3. The molecule has 1 aromatic heterocycles. The number of benzene rings is 1. The van der Waals surface area contributed by atoms with Crippen molar-refractivity contribution >= 4 is 35.1 Å². The molecule has 0 saturated carbocycles. The maximum atomic E-state index is 12.7. The second-order valence-electron chi connectivity index (χ2n) is 5.48. The van der Waals surface area contributed by atoms with Gasteiger partial charge in [0.2, 0.25) is 0 Å². The zero-order valence-corrected chi connectivity index (χ0v) is 14.9. The Morgan fingerprint density at radius 3 is 2.56 bits per heavy atom. The highest BCUT2D eigenvalue weighted by Gasteiger charge is 2.33. The van der Waals surface area contributed by atoms with E-state index in [0.717, 1.165) is 29.2 Å². The minimum atomic E-state index is -4.52. The average molecular weight is 384 g/mol. The molecule has 1 aliphatic rings. The molecular formula is C17H15F3N2OS2.